The molecule has 0 saturated carbocycles. The largest absolute Gasteiger partial charge is 0.330 e. The summed E-state index contributed by atoms with van der Waals surface area (Å²) >= 11 is 11.6. The van der Waals surface area contributed by atoms with Gasteiger partial charge in [0.25, 0.3) is 0 Å². The fraction of sp³-hybridized carbons (Fsp3) is 0.400. The van der Waals surface area contributed by atoms with Gasteiger partial charge in [0.2, 0.25) is 5.91 Å². The van der Waals surface area contributed by atoms with Gasteiger partial charge in [0.05, 0.1) is 5.69 Å². The van der Waals surface area contributed by atoms with Gasteiger partial charge in [-0.25, -0.2) is 4.98 Å². The summed E-state index contributed by atoms with van der Waals surface area (Å²) in [5, 5.41) is 3.20. The Morgan fingerprint density at radius 3 is 2.81 bits per heavy atom. The van der Waals surface area contributed by atoms with Crippen molar-refractivity contribution in [3.8, 4) is 0 Å². The van der Waals surface area contributed by atoms with Crippen molar-refractivity contribution in [2.45, 2.75) is 19.8 Å². The molecule has 1 rings (SSSR count). The molecule has 0 aromatic carbocycles. The van der Waals surface area contributed by atoms with E-state index in [0.29, 0.717) is 30.2 Å². The van der Waals surface area contributed by atoms with Crippen LogP contribution in [0.5, 0.6) is 0 Å². The van der Waals surface area contributed by atoms with E-state index in [1.165, 1.54) is 0 Å². The minimum Gasteiger partial charge on any atom is -0.330 e. The van der Waals surface area contributed by atoms with Crippen molar-refractivity contribution in [3.63, 3.8) is 0 Å². The molecule has 0 bridgehead atoms. The Kier molecular flexibility index (Phi) is 4.99. The molecule has 0 unspecified atom stereocenters. The number of pyridine rings is 1. The Morgan fingerprint density at radius 1 is 1.56 bits per heavy atom. The zero-order valence-electron chi connectivity index (χ0n) is 8.89. The molecular weight excluding hydrogens is 249 g/mol. The molecule has 1 heterocycles. The number of amides is 1. The van der Waals surface area contributed by atoms with Crippen LogP contribution >= 0.6 is 23.2 Å². The number of hydrogen-bond acceptors (Lipinski definition) is 3. The minimum atomic E-state index is -0.125. The monoisotopic (exact) mass is 261 g/mol. The van der Waals surface area contributed by atoms with E-state index in [1.807, 2.05) is 0 Å². The number of anilines is 1. The number of carbonyl (C=O) groups excluding carboxylic acids is 1. The van der Waals surface area contributed by atoms with Crippen molar-refractivity contribution in [2.24, 2.45) is 5.73 Å². The molecule has 1 aromatic heterocycles. The number of nitrogens with zero attached hydrogens (tertiary/aromatic N) is 1. The summed E-state index contributed by atoms with van der Waals surface area (Å²) in [5.41, 5.74) is 6.60. The van der Waals surface area contributed by atoms with Crippen LogP contribution in [0, 0.1) is 6.92 Å². The highest BCUT2D eigenvalue weighted by molar-refractivity contribution is 6.34. The third kappa shape index (κ3) is 3.63. The van der Waals surface area contributed by atoms with Gasteiger partial charge in [0, 0.05) is 6.42 Å². The third-order valence-electron chi connectivity index (χ3n) is 2.01. The Bertz CT molecular complexity index is 373. The van der Waals surface area contributed by atoms with Crippen LogP contribution in [-0.2, 0) is 4.79 Å². The lowest BCUT2D eigenvalue weighted by Gasteiger charge is -2.09. The molecule has 0 aliphatic rings. The predicted molar refractivity (Wildman–Crippen MR) is 65.9 cm³/mol. The molecule has 0 spiro atoms. The first-order valence-corrected chi connectivity index (χ1v) is 5.62. The van der Waals surface area contributed by atoms with Gasteiger partial charge in [-0.2, -0.15) is 0 Å². The van der Waals surface area contributed by atoms with E-state index in [1.54, 1.807) is 13.0 Å². The van der Waals surface area contributed by atoms with Gasteiger partial charge in [-0.05, 0) is 31.5 Å². The van der Waals surface area contributed by atoms with Crippen LogP contribution in [0.25, 0.3) is 0 Å². The van der Waals surface area contributed by atoms with Crippen LogP contribution in [0.2, 0.25) is 10.3 Å². The molecule has 16 heavy (non-hydrogen) atoms. The molecule has 0 saturated heterocycles. The van der Waals surface area contributed by atoms with Crippen molar-refractivity contribution in [3.05, 3.63) is 21.9 Å². The number of aryl methyl sites for hydroxylation is 1. The molecule has 0 aliphatic carbocycles. The number of aromatic nitrogens is 1. The van der Waals surface area contributed by atoms with Gasteiger partial charge in [-0.15, -0.1) is 0 Å². The molecule has 0 radical (unpaired) electrons. The molecule has 1 aromatic rings. The Labute approximate surface area is 104 Å². The molecule has 0 atom stereocenters. The fourth-order valence-electron chi connectivity index (χ4n) is 1.21. The van der Waals surface area contributed by atoms with Gasteiger partial charge in [-0.1, -0.05) is 23.2 Å². The number of carbonyl (C=O) groups is 1. The van der Waals surface area contributed by atoms with Crippen molar-refractivity contribution >= 4 is 34.8 Å². The second-order valence-electron chi connectivity index (χ2n) is 3.37. The predicted octanol–water partition coefficient (Wildman–Crippen LogP) is 2.37. The Hall–Kier alpha value is -0.840. The van der Waals surface area contributed by atoms with E-state index in [4.69, 9.17) is 28.9 Å². The van der Waals surface area contributed by atoms with Crippen molar-refractivity contribution in [2.75, 3.05) is 11.9 Å². The van der Waals surface area contributed by atoms with E-state index in [0.717, 1.165) is 5.56 Å². The van der Waals surface area contributed by atoms with Crippen LogP contribution < -0.4 is 11.1 Å². The number of halogens is 2. The lowest BCUT2D eigenvalue weighted by molar-refractivity contribution is -0.116. The first-order valence-electron chi connectivity index (χ1n) is 4.87. The molecule has 0 aliphatic heterocycles. The van der Waals surface area contributed by atoms with Gasteiger partial charge in [-0.3, -0.25) is 4.79 Å². The molecule has 0 fully saturated rings. The summed E-state index contributed by atoms with van der Waals surface area (Å²) in [4.78, 5) is 15.3. The van der Waals surface area contributed by atoms with E-state index in [-0.39, 0.29) is 11.1 Å². The lowest BCUT2D eigenvalue weighted by Crippen LogP contribution is -2.14. The molecule has 3 N–H and O–H groups in total. The summed E-state index contributed by atoms with van der Waals surface area (Å²) in [6.07, 6.45) is 1.01. The molecule has 1 amide bonds. The zero-order chi connectivity index (χ0) is 12.1. The number of nitrogens with two attached hydrogens (primary N) is 1. The maximum absolute atomic E-state index is 11.5. The standard InChI is InChI=1S/C10H13Cl2N3O/c1-6-5-7(11)14-10(12)9(6)15-8(16)3-2-4-13/h5H,2-4,13H2,1H3,(H,15,16). The second kappa shape index (κ2) is 6.03. The van der Waals surface area contributed by atoms with Gasteiger partial charge in [0.15, 0.2) is 5.15 Å². The normalized spacial score (nSPS) is 10.2. The highest BCUT2D eigenvalue weighted by Crippen LogP contribution is 2.26. The molecule has 6 heteroatoms. The topological polar surface area (TPSA) is 68.0 Å². The number of hydrogen-bond donors (Lipinski definition) is 2. The summed E-state index contributed by atoms with van der Waals surface area (Å²) in [6, 6.07) is 1.64. The van der Waals surface area contributed by atoms with Gasteiger partial charge < -0.3 is 11.1 Å². The summed E-state index contributed by atoms with van der Waals surface area (Å²) < 4.78 is 0. The SMILES string of the molecule is Cc1cc(Cl)nc(Cl)c1NC(=O)CCCN. The van der Waals surface area contributed by atoms with E-state index in [2.05, 4.69) is 10.3 Å². The maximum atomic E-state index is 11.5. The second-order valence-corrected chi connectivity index (χ2v) is 4.11. The van der Waals surface area contributed by atoms with E-state index in [9.17, 15) is 4.79 Å². The van der Waals surface area contributed by atoms with Crippen LogP contribution in [0.1, 0.15) is 18.4 Å². The van der Waals surface area contributed by atoms with Crippen LogP contribution in [0.3, 0.4) is 0 Å². The van der Waals surface area contributed by atoms with Crippen molar-refractivity contribution in [1.29, 1.82) is 0 Å². The van der Waals surface area contributed by atoms with Gasteiger partial charge >= 0.3 is 0 Å². The van der Waals surface area contributed by atoms with E-state index >= 15 is 0 Å². The van der Waals surface area contributed by atoms with Crippen molar-refractivity contribution < 1.29 is 4.79 Å². The first-order chi connectivity index (χ1) is 7.54. The zero-order valence-corrected chi connectivity index (χ0v) is 10.4. The Balaban J connectivity index is 2.77. The smallest absolute Gasteiger partial charge is 0.224 e. The fourth-order valence-corrected chi connectivity index (χ4v) is 1.79. The number of rotatable bonds is 4. The Morgan fingerprint density at radius 2 is 2.25 bits per heavy atom. The summed E-state index contributed by atoms with van der Waals surface area (Å²) in [7, 11) is 0. The third-order valence-corrected chi connectivity index (χ3v) is 2.48. The molecule has 4 nitrogen and oxygen atoms in total. The minimum absolute atomic E-state index is 0.125. The highest BCUT2D eigenvalue weighted by atomic mass is 35.5. The molecule has 88 valence electrons. The average Bonchev–Trinajstić information content (AvgIpc) is 2.20. The summed E-state index contributed by atoms with van der Waals surface area (Å²) in [6.45, 7) is 2.29. The average molecular weight is 262 g/mol. The number of nitrogens with one attached hydrogen (secondary N) is 1. The van der Waals surface area contributed by atoms with E-state index < -0.39 is 0 Å². The maximum Gasteiger partial charge on any atom is 0.224 e. The van der Waals surface area contributed by atoms with Crippen LogP contribution in [0.15, 0.2) is 6.07 Å². The lowest BCUT2D eigenvalue weighted by atomic mass is 10.2. The quantitative estimate of drug-likeness (QED) is 0.818. The highest BCUT2D eigenvalue weighted by Gasteiger charge is 2.10. The van der Waals surface area contributed by atoms with Crippen LogP contribution in [-0.4, -0.2) is 17.4 Å². The van der Waals surface area contributed by atoms with Crippen LogP contribution in [0.4, 0.5) is 5.69 Å². The first kappa shape index (κ1) is 13.2. The molecular formula is C10H13Cl2N3O. The van der Waals surface area contributed by atoms with Gasteiger partial charge in [0.1, 0.15) is 5.15 Å². The van der Waals surface area contributed by atoms with Crippen molar-refractivity contribution in [1.82, 2.24) is 4.98 Å². The summed E-state index contributed by atoms with van der Waals surface area (Å²) in [5.74, 6) is -0.125.